The lowest BCUT2D eigenvalue weighted by Gasteiger charge is -2.35. The van der Waals surface area contributed by atoms with Crippen molar-refractivity contribution in [1.82, 2.24) is 20.2 Å². The average Bonchev–Trinajstić information content (AvgIpc) is 2.62. The normalized spacial score (nSPS) is 17.9. The molecule has 1 N–H and O–H groups in total. The molecule has 0 atom stereocenters. The summed E-state index contributed by atoms with van der Waals surface area (Å²) in [7, 11) is 0. The Bertz CT molecular complexity index is 710. The van der Waals surface area contributed by atoms with Crippen molar-refractivity contribution in [2.75, 3.05) is 41.3 Å². The van der Waals surface area contributed by atoms with Crippen LogP contribution in [0.25, 0.3) is 0 Å². The van der Waals surface area contributed by atoms with Crippen LogP contribution >= 0.6 is 0 Å². The summed E-state index contributed by atoms with van der Waals surface area (Å²) in [6.07, 6.45) is 6.62. The van der Waals surface area contributed by atoms with E-state index in [0.29, 0.717) is 5.82 Å². The summed E-state index contributed by atoms with van der Waals surface area (Å²) in [6, 6.07) is 5.56. The van der Waals surface area contributed by atoms with E-state index in [1.807, 2.05) is 18.2 Å². The fourth-order valence-corrected chi connectivity index (χ4v) is 3.05. The number of carbonyl (C=O) groups excluding carboxylic acids is 1. The highest BCUT2D eigenvalue weighted by Crippen LogP contribution is 2.27. The number of anilines is 3. The van der Waals surface area contributed by atoms with E-state index < -0.39 is 0 Å². The largest absolute Gasteiger partial charge is 0.352 e. The molecule has 8 heteroatoms. The molecule has 1 aliphatic carbocycles. The molecule has 2 aliphatic rings. The monoisotopic (exact) mass is 339 g/mol. The van der Waals surface area contributed by atoms with Crippen molar-refractivity contribution in [3.63, 3.8) is 0 Å². The number of carbonyl (C=O) groups is 1. The Morgan fingerprint density at radius 2 is 1.72 bits per heavy atom. The Hall–Kier alpha value is -2.77. The van der Waals surface area contributed by atoms with Gasteiger partial charge < -0.3 is 15.1 Å². The molecule has 25 heavy (non-hydrogen) atoms. The van der Waals surface area contributed by atoms with Gasteiger partial charge in [-0.2, -0.15) is 0 Å². The van der Waals surface area contributed by atoms with Crippen LogP contribution in [0.5, 0.6) is 0 Å². The van der Waals surface area contributed by atoms with E-state index in [9.17, 15) is 4.79 Å². The SMILES string of the molecule is O=C(Nc1ccc(N2CCN(c3ncccn3)CC2)nn1)C1CCC1. The zero-order valence-corrected chi connectivity index (χ0v) is 14.0. The first-order chi connectivity index (χ1) is 12.3. The average molecular weight is 339 g/mol. The third-order valence-electron chi connectivity index (χ3n) is 4.82. The van der Waals surface area contributed by atoms with Crippen LogP contribution in [-0.2, 0) is 4.79 Å². The second-order valence-corrected chi connectivity index (χ2v) is 6.42. The summed E-state index contributed by atoms with van der Waals surface area (Å²) in [6.45, 7) is 3.35. The number of nitrogens with zero attached hydrogens (tertiary/aromatic N) is 6. The van der Waals surface area contributed by atoms with Gasteiger partial charge >= 0.3 is 0 Å². The molecule has 2 aromatic heterocycles. The van der Waals surface area contributed by atoms with Crippen molar-refractivity contribution < 1.29 is 4.79 Å². The molecule has 8 nitrogen and oxygen atoms in total. The van der Waals surface area contributed by atoms with Gasteiger partial charge in [0.25, 0.3) is 0 Å². The van der Waals surface area contributed by atoms with E-state index in [0.717, 1.165) is 57.2 Å². The van der Waals surface area contributed by atoms with Gasteiger partial charge in [0.15, 0.2) is 11.6 Å². The second-order valence-electron chi connectivity index (χ2n) is 6.42. The predicted molar refractivity (Wildman–Crippen MR) is 94.5 cm³/mol. The number of hydrogen-bond donors (Lipinski definition) is 1. The van der Waals surface area contributed by atoms with Gasteiger partial charge in [-0.1, -0.05) is 6.42 Å². The topological polar surface area (TPSA) is 87.1 Å². The smallest absolute Gasteiger partial charge is 0.228 e. The number of amides is 1. The quantitative estimate of drug-likeness (QED) is 0.899. The van der Waals surface area contributed by atoms with Crippen molar-refractivity contribution in [2.45, 2.75) is 19.3 Å². The second kappa shape index (κ2) is 7.00. The first-order valence-corrected chi connectivity index (χ1v) is 8.71. The molecular formula is C17H21N7O. The fourth-order valence-electron chi connectivity index (χ4n) is 3.05. The van der Waals surface area contributed by atoms with E-state index in [-0.39, 0.29) is 11.8 Å². The van der Waals surface area contributed by atoms with Gasteiger partial charge in [-0.25, -0.2) is 9.97 Å². The van der Waals surface area contributed by atoms with Crippen LogP contribution in [0.4, 0.5) is 17.6 Å². The van der Waals surface area contributed by atoms with Crippen LogP contribution in [0, 0.1) is 5.92 Å². The molecule has 1 amide bonds. The minimum Gasteiger partial charge on any atom is -0.352 e. The highest BCUT2D eigenvalue weighted by atomic mass is 16.2. The van der Waals surface area contributed by atoms with Crippen molar-refractivity contribution in [1.29, 1.82) is 0 Å². The Morgan fingerprint density at radius 3 is 2.32 bits per heavy atom. The van der Waals surface area contributed by atoms with Crippen LogP contribution < -0.4 is 15.1 Å². The maximum absolute atomic E-state index is 11.9. The Balaban J connectivity index is 1.33. The van der Waals surface area contributed by atoms with E-state index in [2.05, 4.69) is 35.3 Å². The minimum atomic E-state index is 0.0600. The lowest BCUT2D eigenvalue weighted by Crippen LogP contribution is -2.47. The minimum absolute atomic E-state index is 0.0600. The van der Waals surface area contributed by atoms with Crippen LogP contribution in [-0.4, -0.2) is 52.3 Å². The Labute approximate surface area is 146 Å². The molecule has 4 rings (SSSR count). The van der Waals surface area contributed by atoms with E-state index >= 15 is 0 Å². The Kier molecular flexibility index (Phi) is 4.41. The highest BCUT2D eigenvalue weighted by molar-refractivity contribution is 5.92. The molecule has 0 unspecified atom stereocenters. The first kappa shape index (κ1) is 15.7. The van der Waals surface area contributed by atoms with E-state index in [4.69, 9.17) is 0 Å². The third-order valence-corrected chi connectivity index (χ3v) is 4.82. The molecule has 1 aliphatic heterocycles. The molecular weight excluding hydrogens is 318 g/mol. The van der Waals surface area contributed by atoms with Gasteiger partial charge in [0.2, 0.25) is 11.9 Å². The molecule has 3 heterocycles. The molecule has 0 radical (unpaired) electrons. The third kappa shape index (κ3) is 3.52. The number of nitrogens with one attached hydrogen (secondary N) is 1. The molecule has 0 bridgehead atoms. The zero-order chi connectivity index (χ0) is 17.1. The van der Waals surface area contributed by atoms with Crippen LogP contribution in [0.1, 0.15) is 19.3 Å². The molecule has 0 aromatic carbocycles. The van der Waals surface area contributed by atoms with Gasteiger partial charge in [0, 0.05) is 44.5 Å². The van der Waals surface area contributed by atoms with Crippen molar-refractivity contribution in [3.05, 3.63) is 30.6 Å². The van der Waals surface area contributed by atoms with Gasteiger partial charge in [-0.05, 0) is 31.0 Å². The molecule has 2 fully saturated rings. The maximum Gasteiger partial charge on any atom is 0.228 e. The predicted octanol–water partition coefficient (Wildman–Crippen LogP) is 1.33. The summed E-state index contributed by atoms with van der Waals surface area (Å²) >= 11 is 0. The summed E-state index contributed by atoms with van der Waals surface area (Å²) in [5, 5.41) is 11.3. The van der Waals surface area contributed by atoms with Crippen molar-refractivity contribution in [3.8, 4) is 0 Å². The number of rotatable bonds is 4. The van der Waals surface area contributed by atoms with Crippen molar-refractivity contribution in [2.24, 2.45) is 5.92 Å². The lowest BCUT2D eigenvalue weighted by molar-refractivity contribution is -0.122. The van der Waals surface area contributed by atoms with Gasteiger partial charge in [0.1, 0.15) is 0 Å². The van der Waals surface area contributed by atoms with E-state index in [1.54, 1.807) is 12.4 Å². The standard InChI is InChI=1S/C17H21N7O/c25-16(13-3-1-4-13)20-14-5-6-15(22-21-14)23-9-11-24(12-10-23)17-18-7-2-8-19-17/h2,5-8,13H,1,3-4,9-12H2,(H,20,21,25). The number of piperazine rings is 1. The number of hydrogen-bond acceptors (Lipinski definition) is 7. The first-order valence-electron chi connectivity index (χ1n) is 8.71. The molecule has 0 spiro atoms. The van der Waals surface area contributed by atoms with Gasteiger partial charge in [-0.15, -0.1) is 10.2 Å². The summed E-state index contributed by atoms with van der Waals surface area (Å²) in [5.41, 5.74) is 0. The molecule has 2 aromatic rings. The molecule has 1 saturated heterocycles. The molecule has 130 valence electrons. The summed E-state index contributed by atoms with van der Waals surface area (Å²) in [4.78, 5) is 24.9. The Morgan fingerprint density at radius 1 is 1.00 bits per heavy atom. The van der Waals surface area contributed by atoms with Crippen molar-refractivity contribution >= 4 is 23.5 Å². The molecule has 1 saturated carbocycles. The maximum atomic E-state index is 11.9. The van der Waals surface area contributed by atoms with Crippen LogP contribution in [0.3, 0.4) is 0 Å². The zero-order valence-electron chi connectivity index (χ0n) is 14.0. The van der Waals surface area contributed by atoms with Gasteiger partial charge in [0.05, 0.1) is 0 Å². The van der Waals surface area contributed by atoms with E-state index in [1.165, 1.54) is 0 Å². The van der Waals surface area contributed by atoms with Crippen LogP contribution in [0.15, 0.2) is 30.6 Å². The summed E-state index contributed by atoms with van der Waals surface area (Å²) < 4.78 is 0. The fraction of sp³-hybridized carbons (Fsp3) is 0.471. The van der Waals surface area contributed by atoms with Gasteiger partial charge in [-0.3, -0.25) is 4.79 Å². The highest BCUT2D eigenvalue weighted by Gasteiger charge is 2.25. The van der Waals surface area contributed by atoms with Crippen LogP contribution in [0.2, 0.25) is 0 Å². The number of aromatic nitrogens is 4. The summed E-state index contributed by atoms with van der Waals surface area (Å²) in [5.74, 6) is 2.33. The lowest BCUT2D eigenvalue weighted by atomic mass is 9.85.